The molecule has 1 unspecified atom stereocenters. The van der Waals surface area contributed by atoms with Gasteiger partial charge in [0.15, 0.2) is 0 Å². The molecule has 0 saturated heterocycles. The Labute approximate surface area is 95.1 Å². The van der Waals surface area contributed by atoms with E-state index in [2.05, 4.69) is 5.32 Å². The molecule has 3 heteroatoms. The summed E-state index contributed by atoms with van der Waals surface area (Å²) in [6.07, 6.45) is 4.10. The topological polar surface area (TPSA) is 38.3 Å². The molecule has 0 aliphatic carbocycles. The summed E-state index contributed by atoms with van der Waals surface area (Å²) in [7, 11) is 0. The molecule has 0 bridgehead atoms. The molecule has 1 amide bonds. The second kappa shape index (κ2) is 4.84. The number of allylic oxidation sites excluding steroid dienone is 1. The molecule has 16 heavy (non-hydrogen) atoms. The summed E-state index contributed by atoms with van der Waals surface area (Å²) in [6.45, 7) is 2.48. The van der Waals surface area contributed by atoms with Crippen LogP contribution in [0.4, 0.5) is 0 Å². The average Bonchev–Trinajstić information content (AvgIpc) is 2.30. The van der Waals surface area contributed by atoms with Crippen molar-refractivity contribution in [3.63, 3.8) is 0 Å². The maximum absolute atomic E-state index is 11.5. The van der Waals surface area contributed by atoms with Crippen LogP contribution in [0.5, 0.6) is 5.75 Å². The molecule has 0 aromatic heterocycles. The van der Waals surface area contributed by atoms with E-state index in [-0.39, 0.29) is 11.9 Å². The van der Waals surface area contributed by atoms with Gasteiger partial charge in [-0.3, -0.25) is 4.79 Å². The van der Waals surface area contributed by atoms with Gasteiger partial charge in [-0.1, -0.05) is 24.3 Å². The van der Waals surface area contributed by atoms with E-state index in [0.717, 1.165) is 17.7 Å². The number of nitrogens with one attached hydrogen (secondary N) is 1. The number of carbonyl (C=O) groups is 1. The van der Waals surface area contributed by atoms with Crippen molar-refractivity contribution in [2.75, 3.05) is 6.61 Å². The molecule has 1 atom stereocenters. The first-order valence-corrected chi connectivity index (χ1v) is 5.46. The average molecular weight is 217 g/mol. The Hall–Kier alpha value is -1.77. The number of amides is 1. The lowest BCUT2D eigenvalue weighted by Crippen LogP contribution is -2.30. The number of fused-ring (bicyclic) bond motifs is 1. The Balaban J connectivity index is 2.16. The van der Waals surface area contributed by atoms with Crippen molar-refractivity contribution in [3.8, 4) is 5.75 Å². The third-order valence-corrected chi connectivity index (χ3v) is 2.59. The fourth-order valence-electron chi connectivity index (χ4n) is 1.86. The highest BCUT2D eigenvalue weighted by molar-refractivity contribution is 5.87. The van der Waals surface area contributed by atoms with Crippen molar-refractivity contribution in [2.24, 2.45) is 0 Å². The standard InChI is InChI=1S/C13H15NO2/c1-2-5-13(15)14-11-8-9-16-12-7-4-3-6-10(11)12/h2-7,11H,8-9H2,1H3,(H,14,15). The van der Waals surface area contributed by atoms with Crippen LogP contribution in [0.3, 0.4) is 0 Å². The lowest BCUT2D eigenvalue weighted by Gasteiger charge is -2.26. The number of hydrogen-bond donors (Lipinski definition) is 1. The van der Waals surface area contributed by atoms with E-state index in [9.17, 15) is 4.79 Å². The van der Waals surface area contributed by atoms with E-state index in [1.165, 1.54) is 6.08 Å². The molecule has 1 aromatic rings. The lowest BCUT2D eigenvalue weighted by molar-refractivity contribution is -0.117. The molecule has 1 aliphatic heterocycles. The molecule has 0 saturated carbocycles. The molecule has 0 spiro atoms. The second-order valence-electron chi connectivity index (χ2n) is 3.74. The van der Waals surface area contributed by atoms with Crippen LogP contribution in [0.1, 0.15) is 24.9 Å². The molecule has 1 heterocycles. The normalized spacial score (nSPS) is 18.9. The van der Waals surface area contributed by atoms with Gasteiger partial charge in [0, 0.05) is 12.0 Å². The first-order valence-electron chi connectivity index (χ1n) is 5.46. The minimum Gasteiger partial charge on any atom is -0.493 e. The first-order chi connectivity index (χ1) is 7.81. The third kappa shape index (κ3) is 2.24. The maximum Gasteiger partial charge on any atom is 0.244 e. The molecule has 3 nitrogen and oxygen atoms in total. The summed E-state index contributed by atoms with van der Waals surface area (Å²) in [4.78, 5) is 11.5. The Morgan fingerprint density at radius 1 is 1.50 bits per heavy atom. The molecule has 2 rings (SSSR count). The van der Waals surface area contributed by atoms with Gasteiger partial charge in [-0.15, -0.1) is 0 Å². The predicted molar refractivity (Wildman–Crippen MR) is 62.3 cm³/mol. The summed E-state index contributed by atoms with van der Waals surface area (Å²) >= 11 is 0. The van der Waals surface area contributed by atoms with Crippen molar-refractivity contribution >= 4 is 5.91 Å². The van der Waals surface area contributed by atoms with E-state index in [0.29, 0.717) is 6.61 Å². The smallest absolute Gasteiger partial charge is 0.244 e. The molecule has 1 aliphatic rings. The number of para-hydroxylation sites is 1. The molecule has 1 N–H and O–H groups in total. The summed E-state index contributed by atoms with van der Waals surface area (Å²) in [5.41, 5.74) is 1.06. The number of ether oxygens (including phenoxy) is 1. The van der Waals surface area contributed by atoms with Crippen molar-refractivity contribution in [1.29, 1.82) is 0 Å². The van der Waals surface area contributed by atoms with Crippen molar-refractivity contribution in [1.82, 2.24) is 5.32 Å². The monoisotopic (exact) mass is 217 g/mol. The second-order valence-corrected chi connectivity index (χ2v) is 3.74. The van der Waals surface area contributed by atoms with Gasteiger partial charge in [0.2, 0.25) is 5.91 Å². The molecular weight excluding hydrogens is 202 g/mol. The Morgan fingerprint density at radius 3 is 3.12 bits per heavy atom. The summed E-state index contributed by atoms with van der Waals surface area (Å²) in [5, 5.41) is 2.97. The minimum absolute atomic E-state index is 0.0517. The van der Waals surface area contributed by atoms with Gasteiger partial charge in [0.25, 0.3) is 0 Å². The van der Waals surface area contributed by atoms with Crippen LogP contribution in [0, 0.1) is 0 Å². The first kappa shape index (κ1) is 10.7. The van der Waals surface area contributed by atoms with E-state index in [1.54, 1.807) is 6.08 Å². The molecule has 84 valence electrons. The zero-order valence-corrected chi connectivity index (χ0v) is 9.27. The quantitative estimate of drug-likeness (QED) is 0.771. The highest BCUT2D eigenvalue weighted by Crippen LogP contribution is 2.31. The van der Waals surface area contributed by atoms with Crippen LogP contribution in [0.15, 0.2) is 36.4 Å². The lowest BCUT2D eigenvalue weighted by atomic mass is 10.0. The number of rotatable bonds is 2. The number of hydrogen-bond acceptors (Lipinski definition) is 2. The van der Waals surface area contributed by atoms with Gasteiger partial charge in [-0.2, -0.15) is 0 Å². The molecule has 0 radical (unpaired) electrons. The molecule has 0 fully saturated rings. The van der Waals surface area contributed by atoms with Gasteiger partial charge >= 0.3 is 0 Å². The highest BCUT2D eigenvalue weighted by Gasteiger charge is 2.21. The van der Waals surface area contributed by atoms with Crippen LogP contribution in [-0.2, 0) is 4.79 Å². The van der Waals surface area contributed by atoms with E-state index < -0.39 is 0 Å². The fraction of sp³-hybridized carbons (Fsp3) is 0.308. The van der Waals surface area contributed by atoms with Crippen molar-refractivity contribution < 1.29 is 9.53 Å². The van der Waals surface area contributed by atoms with E-state index in [1.807, 2.05) is 31.2 Å². The summed E-state index contributed by atoms with van der Waals surface area (Å²) < 4.78 is 5.53. The minimum atomic E-state index is -0.0517. The Bertz CT molecular complexity index is 412. The fourth-order valence-corrected chi connectivity index (χ4v) is 1.86. The summed E-state index contributed by atoms with van der Waals surface area (Å²) in [6, 6.07) is 7.89. The number of benzene rings is 1. The zero-order chi connectivity index (χ0) is 11.4. The molecule has 1 aromatic carbocycles. The van der Waals surface area contributed by atoms with E-state index >= 15 is 0 Å². The van der Waals surface area contributed by atoms with Gasteiger partial charge < -0.3 is 10.1 Å². The van der Waals surface area contributed by atoms with Crippen LogP contribution >= 0.6 is 0 Å². The number of carbonyl (C=O) groups excluding carboxylic acids is 1. The van der Waals surface area contributed by atoms with Crippen molar-refractivity contribution in [2.45, 2.75) is 19.4 Å². The maximum atomic E-state index is 11.5. The van der Waals surface area contributed by atoms with Crippen LogP contribution < -0.4 is 10.1 Å². The van der Waals surface area contributed by atoms with Gasteiger partial charge in [-0.05, 0) is 19.1 Å². The van der Waals surface area contributed by atoms with Gasteiger partial charge in [-0.25, -0.2) is 0 Å². The summed E-state index contributed by atoms with van der Waals surface area (Å²) in [5.74, 6) is 0.823. The highest BCUT2D eigenvalue weighted by atomic mass is 16.5. The van der Waals surface area contributed by atoms with Gasteiger partial charge in [0.05, 0.1) is 12.6 Å². The molecular formula is C13H15NO2. The van der Waals surface area contributed by atoms with Gasteiger partial charge in [0.1, 0.15) is 5.75 Å². The predicted octanol–water partition coefficient (Wildman–Crippen LogP) is 2.20. The SMILES string of the molecule is CC=CC(=O)NC1CCOc2ccccc21. The Kier molecular flexibility index (Phi) is 3.25. The zero-order valence-electron chi connectivity index (χ0n) is 9.27. The largest absolute Gasteiger partial charge is 0.493 e. The van der Waals surface area contributed by atoms with Crippen LogP contribution in [-0.4, -0.2) is 12.5 Å². The van der Waals surface area contributed by atoms with Crippen LogP contribution in [0.2, 0.25) is 0 Å². The van der Waals surface area contributed by atoms with E-state index in [4.69, 9.17) is 4.74 Å². The van der Waals surface area contributed by atoms with Crippen LogP contribution in [0.25, 0.3) is 0 Å². The third-order valence-electron chi connectivity index (χ3n) is 2.59. The Morgan fingerprint density at radius 2 is 2.31 bits per heavy atom. The van der Waals surface area contributed by atoms with Crippen molar-refractivity contribution in [3.05, 3.63) is 42.0 Å².